The maximum Gasteiger partial charge on any atom is 0.331 e. The third kappa shape index (κ3) is 5.72. The molecule has 0 unspecified atom stereocenters. The van der Waals surface area contributed by atoms with Gasteiger partial charge in [0.15, 0.2) is 0 Å². The van der Waals surface area contributed by atoms with Crippen molar-refractivity contribution >= 4 is 50.6 Å². The number of benzene rings is 3. The number of aryl methyl sites for hydroxylation is 1. The molecule has 2 aliphatic rings. The Labute approximate surface area is 269 Å². The molecule has 2 aliphatic heterocycles. The summed E-state index contributed by atoms with van der Waals surface area (Å²) in [5, 5.41) is 19.5. The minimum absolute atomic E-state index is 0.0977. The SMILES string of the molecule is Cc1cc(Oc2cccc(COc3ccccc3C#N)c2)ccc1N1C(=O)Nc2c(C(=O)NC3CCNCC3)sc3nccc1c23. The highest BCUT2D eigenvalue weighted by Gasteiger charge is 2.33. The highest BCUT2D eigenvalue weighted by atomic mass is 32.1. The Morgan fingerprint density at radius 2 is 1.89 bits per heavy atom. The summed E-state index contributed by atoms with van der Waals surface area (Å²) in [7, 11) is 0. The molecule has 3 amide bonds. The van der Waals surface area contributed by atoms with Crippen molar-refractivity contribution in [2.24, 2.45) is 0 Å². The van der Waals surface area contributed by atoms with E-state index in [9.17, 15) is 14.9 Å². The average Bonchev–Trinajstić information content (AvgIpc) is 3.45. The summed E-state index contributed by atoms with van der Waals surface area (Å²) in [6.45, 7) is 3.94. The van der Waals surface area contributed by atoms with Gasteiger partial charge in [0.2, 0.25) is 0 Å². The van der Waals surface area contributed by atoms with Crippen molar-refractivity contribution in [3.63, 3.8) is 0 Å². The van der Waals surface area contributed by atoms with Gasteiger partial charge in [0.05, 0.1) is 28.0 Å². The number of piperidine rings is 1. The lowest BCUT2D eigenvalue weighted by Crippen LogP contribution is -2.43. The maximum absolute atomic E-state index is 13.6. The largest absolute Gasteiger partial charge is 0.488 e. The summed E-state index contributed by atoms with van der Waals surface area (Å²) >= 11 is 1.29. The molecule has 1 saturated heterocycles. The van der Waals surface area contributed by atoms with Crippen LogP contribution in [0.4, 0.5) is 21.9 Å². The molecule has 11 heteroatoms. The lowest BCUT2D eigenvalue weighted by molar-refractivity contribution is 0.0934. The summed E-state index contributed by atoms with van der Waals surface area (Å²) in [6.07, 6.45) is 3.40. The zero-order valence-corrected chi connectivity index (χ0v) is 25.8. The van der Waals surface area contributed by atoms with E-state index < -0.39 is 0 Å². The zero-order chi connectivity index (χ0) is 31.6. The number of nitrogens with one attached hydrogen (secondary N) is 3. The summed E-state index contributed by atoms with van der Waals surface area (Å²) in [5.41, 5.74) is 4.06. The van der Waals surface area contributed by atoms with Crippen LogP contribution in [0.15, 0.2) is 79.0 Å². The summed E-state index contributed by atoms with van der Waals surface area (Å²) in [4.78, 5) is 34.2. The number of carbonyl (C=O) groups excluding carboxylic acids is 2. The van der Waals surface area contributed by atoms with Crippen LogP contribution in [0.3, 0.4) is 0 Å². The highest BCUT2D eigenvalue weighted by molar-refractivity contribution is 7.21. The lowest BCUT2D eigenvalue weighted by atomic mass is 10.1. The van der Waals surface area contributed by atoms with Gasteiger partial charge >= 0.3 is 6.03 Å². The van der Waals surface area contributed by atoms with Gasteiger partial charge in [0.25, 0.3) is 5.91 Å². The van der Waals surface area contributed by atoms with Crippen molar-refractivity contribution in [2.45, 2.75) is 32.4 Å². The van der Waals surface area contributed by atoms with Crippen LogP contribution in [0.2, 0.25) is 0 Å². The molecule has 0 radical (unpaired) electrons. The first-order valence-corrected chi connectivity index (χ1v) is 15.8. The summed E-state index contributed by atoms with van der Waals surface area (Å²) in [5.74, 6) is 1.58. The Morgan fingerprint density at radius 3 is 2.72 bits per heavy atom. The number of thiophene rings is 1. The second-order valence-corrected chi connectivity index (χ2v) is 12.2. The number of urea groups is 1. The maximum atomic E-state index is 13.6. The topological polar surface area (TPSA) is 129 Å². The third-order valence-corrected chi connectivity index (χ3v) is 9.17. The van der Waals surface area contributed by atoms with Crippen LogP contribution < -0.4 is 30.3 Å². The number of para-hydroxylation sites is 1. The molecular weight excluding hydrogens is 600 g/mol. The standard InChI is InChI=1S/C35H30N6O4S/c1-21-17-26(45-25-7-4-5-22(18-25)20-44-29-8-3-2-6-23(29)19-36)9-10-27(21)41-28-13-16-38-34-30(28)31(40-35(41)43)32(46-34)33(42)39-24-11-14-37-15-12-24/h2-10,13,16-18,24,37H,11-12,14-15,20H2,1H3,(H,39,42)(H,40,43). The quantitative estimate of drug-likeness (QED) is 0.168. The van der Waals surface area contributed by atoms with Crippen molar-refractivity contribution in [2.75, 3.05) is 23.3 Å². The number of carbonyl (C=O) groups is 2. The molecule has 5 aromatic rings. The van der Waals surface area contributed by atoms with Crippen molar-refractivity contribution < 1.29 is 19.1 Å². The molecule has 1 fully saturated rings. The van der Waals surface area contributed by atoms with E-state index in [1.54, 1.807) is 35.4 Å². The average molecular weight is 631 g/mol. The normalized spacial score (nSPS) is 14.4. The van der Waals surface area contributed by atoms with Crippen LogP contribution in [-0.2, 0) is 6.61 Å². The number of nitrogens with zero attached hydrogens (tertiary/aromatic N) is 3. The van der Waals surface area contributed by atoms with E-state index in [-0.39, 0.29) is 24.6 Å². The van der Waals surface area contributed by atoms with E-state index in [0.717, 1.165) is 42.4 Å². The van der Waals surface area contributed by atoms with Crippen LogP contribution in [0.25, 0.3) is 10.2 Å². The molecule has 10 nitrogen and oxygen atoms in total. The molecule has 0 saturated carbocycles. The van der Waals surface area contributed by atoms with Gasteiger partial charge < -0.3 is 25.4 Å². The van der Waals surface area contributed by atoms with Gasteiger partial charge in [-0.2, -0.15) is 5.26 Å². The van der Waals surface area contributed by atoms with E-state index in [0.29, 0.717) is 49.6 Å². The fourth-order valence-corrected chi connectivity index (χ4v) is 6.85. The summed E-state index contributed by atoms with van der Waals surface area (Å²) < 4.78 is 12.1. The molecule has 0 bridgehead atoms. The molecule has 7 rings (SSSR count). The Bertz CT molecular complexity index is 2010. The minimum Gasteiger partial charge on any atom is -0.488 e. The number of nitriles is 1. The molecule has 230 valence electrons. The predicted octanol–water partition coefficient (Wildman–Crippen LogP) is 7.01. The van der Waals surface area contributed by atoms with Crippen LogP contribution in [0.5, 0.6) is 17.2 Å². The Balaban J connectivity index is 1.11. The smallest absolute Gasteiger partial charge is 0.331 e. The fourth-order valence-electron chi connectivity index (χ4n) is 5.82. The lowest BCUT2D eigenvalue weighted by Gasteiger charge is -2.30. The number of ether oxygens (including phenoxy) is 2. The zero-order valence-electron chi connectivity index (χ0n) is 25.0. The molecule has 3 aromatic carbocycles. The van der Waals surface area contributed by atoms with Gasteiger partial charge in [-0.05, 0) is 92.5 Å². The first kappa shape index (κ1) is 29.3. The number of anilines is 3. The van der Waals surface area contributed by atoms with E-state index in [1.807, 2.05) is 55.5 Å². The molecule has 0 aliphatic carbocycles. The van der Waals surface area contributed by atoms with E-state index in [2.05, 4.69) is 27.0 Å². The predicted molar refractivity (Wildman–Crippen MR) is 177 cm³/mol. The van der Waals surface area contributed by atoms with Gasteiger partial charge in [0.1, 0.15) is 39.6 Å². The first-order valence-electron chi connectivity index (χ1n) is 15.0. The van der Waals surface area contributed by atoms with Gasteiger partial charge in [-0.3, -0.25) is 9.69 Å². The van der Waals surface area contributed by atoms with Gasteiger partial charge in [0, 0.05) is 12.2 Å². The molecule has 3 N–H and O–H groups in total. The molecule has 0 spiro atoms. The number of rotatable bonds is 8. The summed E-state index contributed by atoms with van der Waals surface area (Å²) in [6, 6.07) is 23.9. The Hall–Kier alpha value is -5.44. The van der Waals surface area contributed by atoms with Crippen LogP contribution in [-0.4, -0.2) is 36.1 Å². The monoisotopic (exact) mass is 630 g/mol. The minimum atomic E-state index is -0.350. The van der Waals surface area contributed by atoms with Crippen LogP contribution in [0.1, 0.15) is 39.2 Å². The molecular formula is C35H30N6O4S. The number of hydrogen-bond donors (Lipinski definition) is 3. The number of amides is 3. The van der Waals surface area contributed by atoms with E-state index in [4.69, 9.17) is 9.47 Å². The number of pyridine rings is 1. The van der Waals surface area contributed by atoms with E-state index in [1.165, 1.54) is 11.3 Å². The first-order chi connectivity index (χ1) is 22.5. The van der Waals surface area contributed by atoms with Crippen LogP contribution in [0, 0.1) is 18.3 Å². The van der Waals surface area contributed by atoms with E-state index >= 15 is 0 Å². The van der Waals surface area contributed by atoms with Gasteiger partial charge in [-0.1, -0.05) is 24.3 Å². The van der Waals surface area contributed by atoms with Crippen molar-refractivity contribution in [3.8, 4) is 23.3 Å². The second-order valence-electron chi connectivity index (χ2n) is 11.2. The molecule has 0 atom stereocenters. The van der Waals surface area contributed by atoms with Crippen molar-refractivity contribution in [3.05, 3.63) is 101 Å². The Kier molecular flexibility index (Phi) is 7.97. The van der Waals surface area contributed by atoms with Crippen molar-refractivity contribution in [1.29, 1.82) is 5.26 Å². The molecule has 4 heterocycles. The second kappa shape index (κ2) is 12.5. The van der Waals surface area contributed by atoms with Gasteiger partial charge in [-0.25, -0.2) is 9.78 Å². The molecule has 2 aromatic heterocycles. The van der Waals surface area contributed by atoms with Crippen LogP contribution >= 0.6 is 11.3 Å². The Morgan fingerprint density at radius 1 is 1.07 bits per heavy atom. The highest BCUT2D eigenvalue weighted by Crippen LogP contribution is 2.46. The number of aromatic nitrogens is 1. The number of hydrogen-bond acceptors (Lipinski definition) is 8. The third-order valence-electron chi connectivity index (χ3n) is 8.07. The van der Waals surface area contributed by atoms with Crippen molar-refractivity contribution in [1.82, 2.24) is 15.6 Å². The van der Waals surface area contributed by atoms with Gasteiger partial charge in [-0.15, -0.1) is 11.3 Å². The fraction of sp³-hybridized carbons (Fsp3) is 0.200. The molecule has 46 heavy (non-hydrogen) atoms.